The fourth-order valence-corrected chi connectivity index (χ4v) is 4.92. The highest BCUT2D eigenvalue weighted by Crippen LogP contribution is 2.50. The molecule has 1 nitrogen and oxygen atoms in total. The minimum absolute atomic E-state index is 0.142. The summed E-state index contributed by atoms with van der Waals surface area (Å²) in [6.45, 7) is 0. The Morgan fingerprint density at radius 3 is 1.73 bits per heavy atom. The number of carbonyl (C=O) groups is 1. The average Bonchev–Trinajstić information content (AvgIpc) is 3.09. The van der Waals surface area contributed by atoms with Crippen LogP contribution >= 0.6 is 15.9 Å². The molecule has 5 rings (SSSR count). The van der Waals surface area contributed by atoms with Crippen LogP contribution in [0.2, 0.25) is 0 Å². The van der Waals surface area contributed by atoms with Crippen molar-refractivity contribution >= 4 is 32.9 Å². The van der Waals surface area contributed by atoms with Gasteiger partial charge in [-0.2, -0.15) is 0 Å². The predicted octanol–water partition coefficient (Wildman–Crippen LogP) is 7.39. The first-order valence-electron chi connectivity index (χ1n) is 9.99. The monoisotopic (exact) mass is 450 g/mol. The largest absolute Gasteiger partial charge is 0.293 e. The van der Waals surface area contributed by atoms with Crippen LogP contribution in [0.5, 0.6) is 0 Å². The molecule has 2 heteroatoms. The Hall–Kier alpha value is -3.23. The van der Waals surface area contributed by atoms with Crippen molar-refractivity contribution in [3.8, 4) is 0 Å². The van der Waals surface area contributed by atoms with Gasteiger partial charge in [0.15, 0.2) is 5.78 Å². The van der Waals surface area contributed by atoms with Crippen LogP contribution in [-0.2, 0) is 0 Å². The van der Waals surface area contributed by atoms with Gasteiger partial charge in [-0.25, -0.2) is 0 Å². The quantitative estimate of drug-likeness (QED) is 0.318. The van der Waals surface area contributed by atoms with E-state index in [9.17, 15) is 4.79 Å². The number of benzene rings is 4. The van der Waals surface area contributed by atoms with Crippen LogP contribution in [0.15, 0.2) is 114 Å². The van der Waals surface area contributed by atoms with Crippen molar-refractivity contribution in [2.24, 2.45) is 0 Å². The molecule has 30 heavy (non-hydrogen) atoms. The third-order valence-corrected chi connectivity index (χ3v) is 6.29. The van der Waals surface area contributed by atoms with Crippen molar-refractivity contribution in [3.63, 3.8) is 0 Å². The van der Waals surface area contributed by atoms with Gasteiger partial charge in [-0.15, -0.1) is 0 Å². The number of allylic oxidation sites excluding steroid dienone is 1. The maximum absolute atomic E-state index is 13.7. The lowest BCUT2D eigenvalue weighted by atomic mass is 9.83. The zero-order chi connectivity index (χ0) is 20.5. The lowest BCUT2D eigenvalue weighted by molar-refractivity contribution is 0.0986. The minimum atomic E-state index is -0.338. The number of hydrogen-bond donors (Lipinski definition) is 0. The second kappa shape index (κ2) is 7.89. The Morgan fingerprint density at radius 2 is 1.17 bits per heavy atom. The molecule has 1 unspecified atom stereocenters. The Kier molecular flexibility index (Phi) is 4.94. The molecule has 0 amide bonds. The minimum Gasteiger partial charge on any atom is -0.293 e. The van der Waals surface area contributed by atoms with Gasteiger partial charge in [-0.3, -0.25) is 4.79 Å². The van der Waals surface area contributed by atoms with Gasteiger partial charge in [0.05, 0.1) is 5.92 Å². The average molecular weight is 451 g/mol. The zero-order valence-electron chi connectivity index (χ0n) is 16.3. The fourth-order valence-electron chi connectivity index (χ4n) is 4.36. The van der Waals surface area contributed by atoms with Gasteiger partial charge in [-0.1, -0.05) is 119 Å². The van der Waals surface area contributed by atoms with Crippen molar-refractivity contribution in [1.29, 1.82) is 0 Å². The summed E-state index contributed by atoms with van der Waals surface area (Å²) in [4.78, 5) is 13.7. The maximum Gasteiger partial charge on any atom is 0.176 e. The van der Waals surface area contributed by atoms with E-state index in [1.54, 1.807) is 0 Å². The van der Waals surface area contributed by atoms with Gasteiger partial charge in [0.25, 0.3) is 0 Å². The number of carbonyl (C=O) groups excluding carboxylic acids is 1. The van der Waals surface area contributed by atoms with Crippen LogP contribution in [0, 0.1) is 0 Å². The summed E-state index contributed by atoms with van der Waals surface area (Å²) >= 11 is 3.63. The van der Waals surface area contributed by atoms with E-state index >= 15 is 0 Å². The standard InChI is InChI=1S/C28H19BrO/c29-23-18-10-17-22-26(23)28(30)25(21-15-8-3-9-16-21)27(22)24(19-11-4-1-5-12-19)20-13-6-2-7-14-20/h1-18,25H. The van der Waals surface area contributed by atoms with Crippen LogP contribution in [-0.4, -0.2) is 5.78 Å². The zero-order valence-corrected chi connectivity index (χ0v) is 17.8. The maximum atomic E-state index is 13.7. The molecule has 144 valence electrons. The molecule has 1 atom stereocenters. The molecular formula is C28H19BrO. The number of ketones is 1. The van der Waals surface area contributed by atoms with Crippen molar-refractivity contribution in [2.45, 2.75) is 5.92 Å². The summed E-state index contributed by atoms with van der Waals surface area (Å²) < 4.78 is 0.849. The van der Waals surface area contributed by atoms with E-state index in [1.165, 1.54) is 0 Å². The van der Waals surface area contributed by atoms with E-state index in [2.05, 4.69) is 82.7 Å². The fraction of sp³-hybridized carbons (Fsp3) is 0.0357. The lowest BCUT2D eigenvalue weighted by Gasteiger charge is -2.19. The van der Waals surface area contributed by atoms with Crippen molar-refractivity contribution < 1.29 is 4.79 Å². The first-order valence-corrected chi connectivity index (χ1v) is 10.8. The lowest BCUT2D eigenvalue weighted by Crippen LogP contribution is -2.08. The van der Waals surface area contributed by atoms with Gasteiger partial charge in [0.2, 0.25) is 0 Å². The highest BCUT2D eigenvalue weighted by Gasteiger charge is 2.39. The third-order valence-electron chi connectivity index (χ3n) is 5.63. The number of hydrogen-bond acceptors (Lipinski definition) is 1. The molecule has 0 radical (unpaired) electrons. The summed E-state index contributed by atoms with van der Waals surface area (Å²) in [7, 11) is 0. The topological polar surface area (TPSA) is 17.1 Å². The van der Waals surface area contributed by atoms with Gasteiger partial charge in [-0.05, 0) is 39.5 Å². The molecule has 0 bridgehead atoms. The Morgan fingerprint density at radius 1 is 0.633 bits per heavy atom. The summed E-state index contributed by atoms with van der Waals surface area (Å²) in [6, 6.07) is 36.9. The van der Waals surface area contributed by atoms with Crippen LogP contribution < -0.4 is 0 Å². The molecular weight excluding hydrogens is 432 g/mol. The molecule has 1 aliphatic rings. The summed E-state index contributed by atoms with van der Waals surface area (Å²) in [5, 5.41) is 0. The van der Waals surface area contributed by atoms with E-state index in [-0.39, 0.29) is 11.7 Å². The van der Waals surface area contributed by atoms with Gasteiger partial charge >= 0.3 is 0 Å². The molecule has 0 aliphatic heterocycles. The molecule has 0 N–H and O–H groups in total. The van der Waals surface area contributed by atoms with E-state index in [4.69, 9.17) is 0 Å². The molecule has 0 aromatic heterocycles. The van der Waals surface area contributed by atoms with E-state index < -0.39 is 0 Å². The molecule has 0 spiro atoms. The van der Waals surface area contributed by atoms with Gasteiger partial charge in [0, 0.05) is 10.0 Å². The number of fused-ring (bicyclic) bond motifs is 1. The van der Waals surface area contributed by atoms with Crippen molar-refractivity contribution in [3.05, 3.63) is 141 Å². The molecule has 0 heterocycles. The molecule has 0 saturated heterocycles. The number of Topliss-reactive ketones (excluding diaryl/α,β-unsaturated/α-hetero) is 1. The van der Waals surface area contributed by atoms with E-state index in [1.807, 2.05) is 42.5 Å². The van der Waals surface area contributed by atoms with Crippen molar-refractivity contribution in [1.82, 2.24) is 0 Å². The van der Waals surface area contributed by atoms with Gasteiger partial charge < -0.3 is 0 Å². The van der Waals surface area contributed by atoms with Crippen LogP contribution in [0.4, 0.5) is 0 Å². The SMILES string of the molecule is O=C1c2c(Br)cccc2C(=C(c2ccccc2)c2ccccc2)C1c1ccccc1. The number of halogens is 1. The second-order valence-corrected chi connectivity index (χ2v) is 8.25. The summed E-state index contributed by atoms with van der Waals surface area (Å²) in [6.07, 6.45) is 0. The third kappa shape index (κ3) is 3.14. The van der Waals surface area contributed by atoms with Crippen LogP contribution in [0.3, 0.4) is 0 Å². The molecule has 0 fully saturated rings. The van der Waals surface area contributed by atoms with Crippen LogP contribution in [0.1, 0.15) is 38.5 Å². The van der Waals surface area contributed by atoms with Crippen LogP contribution in [0.25, 0.3) is 11.1 Å². The molecule has 4 aromatic rings. The summed E-state index contributed by atoms with van der Waals surface area (Å²) in [5.74, 6) is -0.196. The molecule has 0 saturated carbocycles. The smallest absolute Gasteiger partial charge is 0.176 e. The highest BCUT2D eigenvalue weighted by molar-refractivity contribution is 9.10. The first-order chi connectivity index (χ1) is 14.8. The first kappa shape index (κ1) is 18.8. The Balaban J connectivity index is 1.91. The Bertz CT molecular complexity index is 1200. The molecule has 4 aromatic carbocycles. The normalized spacial score (nSPS) is 15.2. The number of rotatable bonds is 3. The van der Waals surface area contributed by atoms with E-state index in [0.29, 0.717) is 0 Å². The predicted molar refractivity (Wildman–Crippen MR) is 126 cm³/mol. The van der Waals surface area contributed by atoms with Gasteiger partial charge in [0.1, 0.15) is 0 Å². The Labute approximate surface area is 184 Å². The van der Waals surface area contributed by atoms with Crippen molar-refractivity contribution in [2.75, 3.05) is 0 Å². The molecule has 1 aliphatic carbocycles. The van der Waals surface area contributed by atoms with E-state index in [0.717, 1.165) is 43.4 Å². The second-order valence-electron chi connectivity index (χ2n) is 7.39. The highest BCUT2D eigenvalue weighted by atomic mass is 79.9. The summed E-state index contributed by atoms with van der Waals surface area (Å²) in [5.41, 5.74) is 7.19.